The fraction of sp³-hybridized carbons (Fsp3) is 0.258. The Morgan fingerprint density at radius 2 is 1.77 bits per heavy atom. The molecule has 0 saturated carbocycles. The van der Waals surface area contributed by atoms with Gasteiger partial charge in [0.15, 0.2) is 0 Å². The second kappa shape index (κ2) is 11.5. The van der Waals surface area contributed by atoms with Crippen molar-refractivity contribution in [2.24, 2.45) is 0 Å². The van der Waals surface area contributed by atoms with Gasteiger partial charge < -0.3 is 5.32 Å². The van der Waals surface area contributed by atoms with E-state index in [0.717, 1.165) is 34.4 Å². The summed E-state index contributed by atoms with van der Waals surface area (Å²) in [5, 5.41) is 7.81. The molecule has 0 bridgehead atoms. The van der Waals surface area contributed by atoms with Gasteiger partial charge in [-0.3, -0.25) is 14.5 Å². The van der Waals surface area contributed by atoms with Crippen molar-refractivity contribution in [3.05, 3.63) is 101 Å². The first-order valence-corrected chi connectivity index (χ1v) is 14.1. The maximum Gasteiger partial charge on any atom is 0.240 e. The van der Waals surface area contributed by atoms with Crippen LogP contribution < -0.4 is 10.2 Å². The van der Waals surface area contributed by atoms with Gasteiger partial charge in [-0.25, -0.2) is 9.07 Å². The van der Waals surface area contributed by atoms with Crippen LogP contribution in [0.4, 0.5) is 10.2 Å². The van der Waals surface area contributed by atoms with Crippen molar-refractivity contribution in [2.75, 3.05) is 17.2 Å². The predicted octanol–water partition coefficient (Wildman–Crippen LogP) is 6.07. The number of nitrogens with one attached hydrogen (secondary N) is 1. The molecule has 5 rings (SSSR count). The van der Waals surface area contributed by atoms with Gasteiger partial charge in [0.25, 0.3) is 0 Å². The van der Waals surface area contributed by atoms with Crippen molar-refractivity contribution in [3.63, 3.8) is 0 Å². The number of hydrogen-bond donors (Lipinski definition) is 1. The molecule has 6 nitrogen and oxygen atoms in total. The SMILES string of the molecule is CCC(C)NC(=O)CN1C(=O)CSC(c2ccccc2C)c2c(-c3ccccc3)nn(-c3ccc(F)cc3)c21. The first-order valence-electron chi connectivity index (χ1n) is 13.1. The summed E-state index contributed by atoms with van der Waals surface area (Å²) in [5.74, 6) is -0.0600. The first kappa shape index (κ1) is 26.7. The summed E-state index contributed by atoms with van der Waals surface area (Å²) in [6.07, 6.45) is 0.780. The van der Waals surface area contributed by atoms with Gasteiger partial charge in [-0.2, -0.15) is 5.10 Å². The number of anilines is 1. The molecule has 0 saturated heterocycles. The molecule has 2 atom stereocenters. The third-order valence-electron chi connectivity index (χ3n) is 7.00. The van der Waals surface area contributed by atoms with E-state index in [4.69, 9.17) is 5.10 Å². The van der Waals surface area contributed by atoms with Gasteiger partial charge in [0.1, 0.15) is 18.2 Å². The number of thioether (sulfide) groups is 1. The highest BCUT2D eigenvalue weighted by molar-refractivity contribution is 8.00. The molecular weight excluding hydrogens is 511 g/mol. The van der Waals surface area contributed by atoms with E-state index < -0.39 is 0 Å². The maximum absolute atomic E-state index is 13.9. The van der Waals surface area contributed by atoms with Crippen LogP contribution >= 0.6 is 11.8 Å². The van der Waals surface area contributed by atoms with E-state index in [2.05, 4.69) is 24.4 Å². The normalized spacial score (nSPS) is 15.9. The van der Waals surface area contributed by atoms with Crippen molar-refractivity contribution in [1.29, 1.82) is 0 Å². The Kier molecular flexibility index (Phi) is 7.84. The largest absolute Gasteiger partial charge is 0.352 e. The molecule has 0 aliphatic carbocycles. The second-order valence-corrected chi connectivity index (χ2v) is 10.8. The zero-order chi connectivity index (χ0) is 27.5. The number of halogens is 1. The summed E-state index contributed by atoms with van der Waals surface area (Å²) in [6.45, 7) is 5.86. The molecule has 3 aromatic carbocycles. The Balaban J connectivity index is 1.78. The fourth-order valence-corrected chi connectivity index (χ4v) is 6.08. The molecule has 0 spiro atoms. The zero-order valence-electron chi connectivity index (χ0n) is 22.2. The lowest BCUT2D eigenvalue weighted by Gasteiger charge is -2.24. The smallest absolute Gasteiger partial charge is 0.240 e. The zero-order valence-corrected chi connectivity index (χ0v) is 23.0. The number of rotatable bonds is 7. The summed E-state index contributed by atoms with van der Waals surface area (Å²) in [4.78, 5) is 28.4. The number of carbonyl (C=O) groups is 2. The number of hydrogen-bond acceptors (Lipinski definition) is 4. The average Bonchev–Trinajstić information content (AvgIpc) is 3.27. The Morgan fingerprint density at radius 1 is 1.08 bits per heavy atom. The summed E-state index contributed by atoms with van der Waals surface area (Å²) in [7, 11) is 0. The molecule has 2 heterocycles. The Hall–Kier alpha value is -3.91. The third kappa shape index (κ3) is 5.47. The molecule has 0 fully saturated rings. The van der Waals surface area contributed by atoms with Gasteiger partial charge in [-0.15, -0.1) is 11.8 Å². The topological polar surface area (TPSA) is 67.2 Å². The summed E-state index contributed by atoms with van der Waals surface area (Å²) >= 11 is 1.53. The van der Waals surface area contributed by atoms with E-state index in [1.54, 1.807) is 21.7 Å². The van der Waals surface area contributed by atoms with E-state index in [1.165, 1.54) is 23.9 Å². The van der Waals surface area contributed by atoms with E-state index in [0.29, 0.717) is 11.5 Å². The van der Waals surface area contributed by atoms with Crippen LogP contribution in [0.5, 0.6) is 0 Å². The van der Waals surface area contributed by atoms with Crippen molar-refractivity contribution < 1.29 is 14.0 Å². The van der Waals surface area contributed by atoms with Gasteiger partial charge in [-0.05, 0) is 55.7 Å². The lowest BCUT2D eigenvalue weighted by atomic mass is 9.97. The van der Waals surface area contributed by atoms with Gasteiger partial charge in [-0.1, -0.05) is 61.5 Å². The Morgan fingerprint density at radius 3 is 2.46 bits per heavy atom. The van der Waals surface area contributed by atoms with Crippen LogP contribution in [0.2, 0.25) is 0 Å². The maximum atomic E-state index is 13.9. The molecule has 1 aromatic heterocycles. The molecule has 8 heteroatoms. The quantitative estimate of drug-likeness (QED) is 0.308. The first-order chi connectivity index (χ1) is 18.9. The highest BCUT2D eigenvalue weighted by Crippen LogP contribution is 2.49. The van der Waals surface area contributed by atoms with E-state index >= 15 is 0 Å². The number of benzene rings is 3. The second-order valence-electron chi connectivity index (χ2n) is 9.74. The number of amides is 2. The van der Waals surface area contributed by atoms with E-state index in [-0.39, 0.29) is 41.2 Å². The lowest BCUT2D eigenvalue weighted by molar-refractivity contribution is -0.123. The minimum absolute atomic E-state index is 0.0185. The molecule has 2 amide bonds. The molecule has 1 aliphatic heterocycles. The molecule has 1 N–H and O–H groups in total. The molecule has 1 aliphatic rings. The summed E-state index contributed by atoms with van der Waals surface area (Å²) in [6, 6.07) is 24.0. The average molecular weight is 543 g/mol. The van der Waals surface area contributed by atoms with Gasteiger partial charge >= 0.3 is 0 Å². The Labute approximate surface area is 232 Å². The third-order valence-corrected chi connectivity index (χ3v) is 8.24. The van der Waals surface area contributed by atoms with Crippen LogP contribution in [0.3, 0.4) is 0 Å². The van der Waals surface area contributed by atoms with Crippen molar-refractivity contribution in [2.45, 2.75) is 38.5 Å². The highest BCUT2D eigenvalue weighted by atomic mass is 32.2. The van der Waals surface area contributed by atoms with Crippen LogP contribution in [0.25, 0.3) is 16.9 Å². The summed E-state index contributed by atoms with van der Waals surface area (Å²) in [5.41, 5.74) is 5.26. The van der Waals surface area contributed by atoms with Crippen molar-refractivity contribution in [3.8, 4) is 16.9 Å². The number of aryl methyl sites for hydroxylation is 1. The molecule has 2 unspecified atom stereocenters. The molecule has 0 radical (unpaired) electrons. The van der Waals surface area contributed by atoms with Crippen molar-refractivity contribution in [1.82, 2.24) is 15.1 Å². The Bertz CT molecular complexity index is 1490. The van der Waals surface area contributed by atoms with Crippen LogP contribution in [0.1, 0.15) is 42.2 Å². The standard InChI is InChI=1S/C31H31FN4O2S/c1-4-21(3)33-26(37)18-35-27(38)19-39-30(25-13-9-8-10-20(25)2)28-29(22-11-6-5-7-12-22)34-36(31(28)35)24-16-14-23(32)15-17-24/h5-17,21,30H,4,18-19H2,1-3H3,(H,33,37). The fourth-order valence-electron chi connectivity index (χ4n) is 4.78. The molecule has 200 valence electrons. The van der Waals surface area contributed by atoms with Crippen LogP contribution in [-0.4, -0.2) is 39.9 Å². The lowest BCUT2D eigenvalue weighted by Crippen LogP contribution is -2.44. The van der Waals surface area contributed by atoms with Crippen molar-refractivity contribution >= 4 is 29.4 Å². The highest BCUT2D eigenvalue weighted by Gasteiger charge is 2.38. The predicted molar refractivity (Wildman–Crippen MR) is 155 cm³/mol. The van der Waals surface area contributed by atoms with E-state index in [1.807, 2.05) is 56.3 Å². The van der Waals surface area contributed by atoms with Crippen LogP contribution in [0.15, 0.2) is 78.9 Å². The van der Waals surface area contributed by atoms with Gasteiger partial charge in [0.2, 0.25) is 11.8 Å². The monoisotopic (exact) mass is 542 g/mol. The van der Waals surface area contributed by atoms with Gasteiger partial charge in [0, 0.05) is 17.2 Å². The molecular formula is C31H31FN4O2S. The number of carbonyl (C=O) groups excluding carboxylic acids is 2. The minimum Gasteiger partial charge on any atom is -0.352 e. The van der Waals surface area contributed by atoms with Gasteiger partial charge in [0.05, 0.1) is 22.4 Å². The number of aromatic nitrogens is 2. The minimum atomic E-state index is -0.366. The number of nitrogens with zero attached hydrogens (tertiary/aromatic N) is 3. The van der Waals surface area contributed by atoms with Crippen LogP contribution in [-0.2, 0) is 9.59 Å². The van der Waals surface area contributed by atoms with Crippen LogP contribution in [0, 0.1) is 12.7 Å². The number of fused-ring (bicyclic) bond motifs is 1. The molecule has 39 heavy (non-hydrogen) atoms. The molecule has 4 aromatic rings. The summed E-state index contributed by atoms with van der Waals surface area (Å²) < 4.78 is 15.6. The van der Waals surface area contributed by atoms with E-state index in [9.17, 15) is 14.0 Å².